The summed E-state index contributed by atoms with van der Waals surface area (Å²) in [6, 6.07) is 12.7. The number of hydrogen-bond donors (Lipinski definition) is 2. The van der Waals surface area contributed by atoms with Gasteiger partial charge in [-0.15, -0.1) is 0 Å². The van der Waals surface area contributed by atoms with Crippen LogP contribution in [-0.2, 0) is 0 Å². The van der Waals surface area contributed by atoms with E-state index in [1.807, 2.05) is 37.3 Å². The summed E-state index contributed by atoms with van der Waals surface area (Å²) >= 11 is 12.3. The van der Waals surface area contributed by atoms with Gasteiger partial charge in [0.25, 0.3) is 5.91 Å². The number of nitrogens with zero attached hydrogens (tertiary/aromatic N) is 1. The van der Waals surface area contributed by atoms with Crippen molar-refractivity contribution in [1.82, 2.24) is 15.3 Å². The molecular weight excluding hydrogens is 385 g/mol. The first-order valence-corrected chi connectivity index (χ1v) is 9.23. The normalized spacial score (nSPS) is 11.9. The standard InChI is InChI=1S/C20H19Cl2N3O2/c1-3-16(19-23-11-17(24-19)12-7-5-4-6-8-12)25-20(26)13-9-14(21)18(27-2)15(22)10-13/h4-11,16H,3H2,1-2H3,(H,23,24)(H,25,26). The minimum Gasteiger partial charge on any atom is -0.494 e. The van der Waals surface area contributed by atoms with E-state index in [1.165, 1.54) is 19.2 Å². The summed E-state index contributed by atoms with van der Waals surface area (Å²) in [6.07, 6.45) is 2.44. The van der Waals surface area contributed by atoms with Gasteiger partial charge in [-0.05, 0) is 24.1 Å². The van der Waals surface area contributed by atoms with E-state index in [1.54, 1.807) is 6.20 Å². The quantitative estimate of drug-likeness (QED) is 0.588. The average Bonchev–Trinajstić information content (AvgIpc) is 3.16. The molecule has 3 rings (SSSR count). The van der Waals surface area contributed by atoms with E-state index in [-0.39, 0.29) is 22.0 Å². The molecule has 1 amide bonds. The Balaban J connectivity index is 1.79. The van der Waals surface area contributed by atoms with Crippen molar-refractivity contribution in [2.24, 2.45) is 0 Å². The molecular formula is C20H19Cl2N3O2. The summed E-state index contributed by atoms with van der Waals surface area (Å²) in [5.41, 5.74) is 2.29. The predicted molar refractivity (Wildman–Crippen MR) is 108 cm³/mol. The Morgan fingerprint density at radius 2 is 1.89 bits per heavy atom. The molecule has 0 fully saturated rings. The minimum atomic E-state index is -0.286. The molecule has 3 aromatic rings. The van der Waals surface area contributed by atoms with Crippen LogP contribution in [0.2, 0.25) is 10.0 Å². The van der Waals surface area contributed by atoms with Crippen LogP contribution in [-0.4, -0.2) is 23.0 Å². The number of ether oxygens (including phenoxy) is 1. The molecule has 0 bridgehead atoms. The number of carbonyl (C=O) groups is 1. The summed E-state index contributed by atoms with van der Waals surface area (Å²) in [7, 11) is 1.47. The van der Waals surface area contributed by atoms with Crippen LogP contribution >= 0.6 is 23.2 Å². The number of nitrogens with one attached hydrogen (secondary N) is 2. The van der Waals surface area contributed by atoms with Crippen molar-refractivity contribution in [3.63, 3.8) is 0 Å². The molecule has 1 aromatic heterocycles. The highest BCUT2D eigenvalue weighted by Crippen LogP contribution is 2.34. The largest absolute Gasteiger partial charge is 0.494 e. The second-order valence-electron chi connectivity index (χ2n) is 5.96. The van der Waals surface area contributed by atoms with Gasteiger partial charge in [0.15, 0.2) is 5.75 Å². The van der Waals surface area contributed by atoms with Crippen molar-refractivity contribution in [2.75, 3.05) is 7.11 Å². The third-order valence-corrected chi connectivity index (χ3v) is 4.75. The number of imidazole rings is 1. The van der Waals surface area contributed by atoms with Gasteiger partial charge in [-0.3, -0.25) is 4.79 Å². The summed E-state index contributed by atoms with van der Waals surface area (Å²) in [4.78, 5) is 20.4. The number of amides is 1. The van der Waals surface area contributed by atoms with E-state index in [4.69, 9.17) is 27.9 Å². The third-order valence-electron chi connectivity index (χ3n) is 4.19. The van der Waals surface area contributed by atoms with Crippen molar-refractivity contribution in [1.29, 1.82) is 0 Å². The first-order valence-electron chi connectivity index (χ1n) is 8.47. The number of benzene rings is 2. The van der Waals surface area contributed by atoms with Gasteiger partial charge in [0.05, 0.1) is 35.1 Å². The maximum Gasteiger partial charge on any atom is 0.251 e. The molecule has 1 atom stereocenters. The minimum absolute atomic E-state index is 0.269. The van der Waals surface area contributed by atoms with Gasteiger partial charge in [0.2, 0.25) is 0 Å². The highest BCUT2D eigenvalue weighted by molar-refractivity contribution is 6.37. The van der Waals surface area contributed by atoms with Crippen molar-refractivity contribution in [2.45, 2.75) is 19.4 Å². The van der Waals surface area contributed by atoms with Crippen LogP contribution in [0.3, 0.4) is 0 Å². The lowest BCUT2D eigenvalue weighted by Gasteiger charge is -2.16. The van der Waals surface area contributed by atoms with Gasteiger partial charge in [0.1, 0.15) is 5.82 Å². The van der Waals surface area contributed by atoms with Crippen LogP contribution in [0.4, 0.5) is 0 Å². The third kappa shape index (κ3) is 4.26. The molecule has 27 heavy (non-hydrogen) atoms. The first kappa shape index (κ1) is 19.3. The van der Waals surface area contributed by atoms with Crippen LogP contribution in [0, 0.1) is 0 Å². The van der Waals surface area contributed by atoms with Crippen molar-refractivity contribution in [3.8, 4) is 17.0 Å². The molecule has 0 aliphatic carbocycles. The van der Waals surface area contributed by atoms with Gasteiger partial charge in [0, 0.05) is 5.56 Å². The second-order valence-corrected chi connectivity index (χ2v) is 6.77. The van der Waals surface area contributed by atoms with E-state index in [0.717, 1.165) is 11.3 Å². The Kier molecular flexibility index (Phi) is 6.04. The molecule has 0 saturated carbocycles. The fourth-order valence-corrected chi connectivity index (χ4v) is 3.41. The lowest BCUT2D eigenvalue weighted by molar-refractivity contribution is 0.0934. The highest BCUT2D eigenvalue weighted by Gasteiger charge is 2.19. The first-order chi connectivity index (χ1) is 13.0. The molecule has 0 spiro atoms. The van der Waals surface area contributed by atoms with Crippen molar-refractivity contribution in [3.05, 3.63) is 70.1 Å². The summed E-state index contributed by atoms with van der Waals surface area (Å²) in [6.45, 7) is 1.98. The number of H-pyrrole nitrogens is 1. The lowest BCUT2D eigenvalue weighted by Crippen LogP contribution is -2.29. The maximum atomic E-state index is 12.7. The van der Waals surface area contributed by atoms with Gasteiger partial charge < -0.3 is 15.0 Å². The van der Waals surface area contributed by atoms with E-state index in [2.05, 4.69) is 15.3 Å². The molecule has 0 radical (unpaired) electrons. The molecule has 5 nitrogen and oxygen atoms in total. The predicted octanol–water partition coefficient (Wildman–Crippen LogP) is 5.27. The topological polar surface area (TPSA) is 67.0 Å². The fraction of sp³-hybridized carbons (Fsp3) is 0.200. The zero-order valence-corrected chi connectivity index (χ0v) is 16.4. The highest BCUT2D eigenvalue weighted by atomic mass is 35.5. The second kappa shape index (κ2) is 8.46. The molecule has 0 saturated heterocycles. The van der Waals surface area contributed by atoms with Gasteiger partial charge in [-0.25, -0.2) is 4.98 Å². The van der Waals surface area contributed by atoms with Gasteiger partial charge >= 0.3 is 0 Å². The number of aromatic amines is 1. The van der Waals surface area contributed by atoms with Crippen molar-refractivity contribution < 1.29 is 9.53 Å². The van der Waals surface area contributed by atoms with Gasteiger partial charge in [-0.1, -0.05) is 60.5 Å². The molecule has 1 heterocycles. The maximum absolute atomic E-state index is 12.7. The molecule has 0 aliphatic rings. The molecule has 2 aromatic carbocycles. The van der Waals surface area contributed by atoms with Crippen molar-refractivity contribution >= 4 is 29.1 Å². The van der Waals surface area contributed by atoms with E-state index >= 15 is 0 Å². The van der Waals surface area contributed by atoms with E-state index < -0.39 is 0 Å². The molecule has 140 valence electrons. The molecule has 7 heteroatoms. The van der Waals surface area contributed by atoms with Crippen LogP contribution in [0.1, 0.15) is 35.6 Å². The Labute approximate surface area is 167 Å². The molecule has 2 N–H and O–H groups in total. The van der Waals surface area contributed by atoms with Crippen LogP contribution in [0.5, 0.6) is 5.75 Å². The van der Waals surface area contributed by atoms with E-state index in [9.17, 15) is 4.79 Å². The Bertz CT molecular complexity index is 918. The Morgan fingerprint density at radius 1 is 1.22 bits per heavy atom. The summed E-state index contributed by atoms with van der Waals surface area (Å²) in [5.74, 6) is 0.752. The smallest absolute Gasteiger partial charge is 0.251 e. The Hall–Kier alpha value is -2.50. The zero-order chi connectivity index (χ0) is 19.4. The number of methoxy groups -OCH3 is 1. The monoisotopic (exact) mass is 403 g/mol. The lowest BCUT2D eigenvalue weighted by atomic mass is 10.1. The van der Waals surface area contributed by atoms with Crippen LogP contribution in [0.15, 0.2) is 48.7 Å². The molecule has 0 aliphatic heterocycles. The van der Waals surface area contributed by atoms with Gasteiger partial charge in [-0.2, -0.15) is 0 Å². The number of hydrogen-bond acceptors (Lipinski definition) is 3. The summed E-state index contributed by atoms with van der Waals surface area (Å²) < 4.78 is 5.12. The number of rotatable bonds is 6. The summed E-state index contributed by atoms with van der Waals surface area (Å²) in [5, 5.41) is 3.53. The zero-order valence-electron chi connectivity index (χ0n) is 14.9. The number of aromatic nitrogens is 2. The number of carbonyl (C=O) groups excluding carboxylic acids is 1. The molecule has 1 unspecified atom stereocenters. The Morgan fingerprint density at radius 3 is 2.48 bits per heavy atom. The fourth-order valence-electron chi connectivity index (χ4n) is 2.77. The van der Waals surface area contributed by atoms with Crippen LogP contribution in [0.25, 0.3) is 11.3 Å². The average molecular weight is 404 g/mol. The SMILES string of the molecule is CCC(NC(=O)c1cc(Cl)c(OC)c(Cl)c1)c1ncc(-c2ccccc2)[nH]1. The van der Waals surface area contributed by atoms with E-state index in [0.29, 0.717) is 23.6 Å². The van der Waals surface area contributed by atoms with Crippen LogP contribution < -0.4 is 10.1 Å². The number of halogens is 2.